The number of hydrogen-bond acceptors (Lipinski definition) is 2. The molecule has 2 aromatic rings. The first kappa shape index (κ1) is 15.0. The van der Waals surface area contributed by atoms with Crippen molar-refractivity contribution in [1.82, 2.24) is 4.98 Å². The van der Waals surface area contributed by atoms with Gasteiger partial charge in [-0.15, -0.1) is 0 Å². The number of aryl methyl sites for hydroxylation is 1. The Bertz CT molecular complexity index is 666. The number of halogens is 4. The second-order valence-corrected chi connectivity index (χ2v) is 4.37. The molecule has 0 atom stereocenters. The molecule has 0 fully saturated rings. The number of pyridine rings is 1. The van der Waals surface area contributed by atoms with Gasteiger partial charge in [-0.1, -0.05) is 11.6 Å². The highest BCUT2D eigenvalue weighted by atomic mass is 19.4. The lowest BCUT2D eigenvalue weighted by atomic mass is 10.1. The summed E-state index contributed by atoms with van der Waals surface area (Å²) in [6.07, 6.45) is -3.68. The maximum Gasteiger partial charge on any atom is 0.433 e. The van der Waals surface area contributed by atoms with Gasteiger partial charge >= 0.3 is 6.18 Å². The van der Waals surface area contributed by atoms with Crippen LogP contribution in [0.3, 0.4) is 0 Å². The summed E-state index contributed by atoms with van der Waals surface area (Å²) in [4.78, 5) is 15.1. The van der Waals surface area contributed by atoms with Crippen LogP contribution in [0.25, 0.3) is 0 Å². The Morgan fingerprint density at radius 1 is 1.19 bits per heavy atom. The lowest BCUT2D eigenvalue weighted by molar-refractivity contribution is -0.141. The lowest BCUT2D eigenvalue weighted by Gasteiger charge is -2.08. The van der Waals surface area contributed by atoms with E-state index in [0.29, 0.717) is 5.56 Å². The number of nitrogens with zero attached hydrogens (tertiary/aromatic N) is 1. The van der Waals surface area contributed by atoms with Crippen LogP contribution < -0.4 is 5.32 Å². The van der Waals surface area contributed by atoms with Gasteiger partial charge in [0.25, 0.3) is 5.91 Å². The molecule has 0 aliphatic carbocycles. The fraction of sp³-hybridized carbons (Fsp3) is 0.143. The summed E-state index contributed by atoms with van der Waals surface area (Å²) in [6.45, 7) is 1.69. The van der Waals surface area contributed by atoms with Crippen molar-refractivity contribution >= 4 is 11.6 Å². The van der Waals surface area contributed by atoms with E-state index in [0.717, 1.165) is 24.4 Å². The number of alkyl halides is 3. The van der Waals surface area contributed by atoms with E-state index in [9.17, 15) is 22.4 Å². The number of amides is 1. The van der Waals surface area contributed by atoms with Crippen molar-refractivity contribution in [1.29, 1.82) is 0 Å². The predicted molar refractivity (Wildman–Crippen MR) is 68.3 cm³/mol. The third-order valence-electron chi connectivity index (χ3n) is 2.68. The van der Waals surface area contributed by atoms with Crippen molar-refractivity contribution in [2.24, 2.45) is 0 Å². The molecule has 0 radical (unpaired) electrons. The molecule has 3 nitrogen and oxygen atoms in total. The van der Waals surface area contributed by atoms with Crippen LogP contribution in [0, 0.1) is 12.7 Å². The molecule has 1 heterocycles. The maximum absolute atomic E-state index is 13.5. The van der Waals surface area contributed by atoms with E-state index >= 15 is 0 Å². The van der Waals surface area contributed by atoms with Gasteiger partial charge in [0.15, 0.2) is 0 Å². The highest BCUT2D eigenvalue weighted by molar-refractivity contribution is 6.04. The van der Waals surface area contributed by atoms with Crippen LogP contribution in [0.1, 0.15) is 21.6 Å². The molecule has 0 unspecified atom stereocenters. The average molecular weight is 298 g/mol. The summed E-state index contributed by atoms with van der Waals surface area (Å²) in [7, 11) is 0. The van der Waals surface area contributed by atoms with Crippen LogP contribution in [-0.2, 0) is 6.18 Å². The zero-order chi connectivity index (χ0) is 15.6. The maximum atomic E-state index is 13.5. The van der Waals surface area contributed by atoms with E-state index in [-0.39, 0.29) is 11.3 Å². The van der Waals surface area contributed by atoms with E-state index in [1.165, 1.54) is 12.1 Å². The Balaban J connectivity index is 2.18. The fourth-order valence-electron chi connectivity index (χ4n) is 1.65. The van der Waals surface area contributed by atoms with Crippen LogP contribution in [0.4, 0.5) is 23.2 Å². The molecule has 1 N–H and O–H groups in total. The van der Waals surface area contributed by atoms with Crippen molar-refractivity contribution in [3.05, 3.63) is 59.2 Å². The average Bonchev–Trinajstić information content (AvgIpc) is 2.41. The first-order valence-electron chi connectivity index (χ1n) is 5.88. The van der Waals surface area contributed by atoms with Crippen molar-refractivity contribution in [2.45, 2.75) is 13.1 Å². The van der Waals surface area contributed by atoms with Gasteiger partial charge in [-0.25, -0.2) is 9.37 Å². The number of hydrogen-bond donors (Lipinski definition) is 1. The van der Waals surface area contributed by atoms with E-state index in [2.05, 4.69) is 10.3 Å². The monoisotopic (exact) mass is 298 g/mol. The second-order valence-electron chi connectivity index (χ2n) is 4.37. The van der Waals surface area contributed by atoms with Gasteiger partial charge in [-0.3, -0.25) is 4.79 Å². The van der Waals surface area contributed by atoms with Crippen molar-refractivity contribution < 1.29 is 22.4 Å². The lowest BCUT2D eigenvalue weighted by Crippen LogP contribution is -2.15. The second kappa shape index (κ2) is 5.51. The molecule has 1 amide bonds. The summed E-state index contributed by atoms with van der Waals surface area (Å²) >= 11 is 0. The molecule has 1 aromatic carbocycles. The summed E-state index contributed by atoms with van der Waals surface area (Å²) in [5, 5.41) is 2.30. The number of rotatable bonds is 2. The Morgan fingerprint density at radius 2 is 1.90 bits per heavy atom. The van der Waals surface area contributed by atoms with Crippen LogP contribution in [0.2, 0.25) is 0 Å². The number of benzene rings is 1. The standard InChI is InChI=1S/C14H10F4N2O/c1-8-2-4-11(15)10(6-8)13(21)20-9-3-5-12(19-7-9)14(16,17)18/h2-7H,1H3,(H,20,21). The van der Waals surface area contributed by atoms with E-state index in [1.54, 1.807) is 6.92 Å². The Kier molecular flexibility index (Phi) is 3.93. The van der Waals surface area contributed by atoms with Gasteiger partial charge in [0, 0.05) is 0 Å². The third kappa shape index (κ3) is 3.56. The highest BCUT2D eigenvalue weighted by Crippen LogP contribution is 2.27. The summed E-state index contributed by atoms with van der Waals surface area (Å²) < 4.78 is 50.6. The van der Waals surface area contributed by atoms with Gasteiger partial charge in [0.1, 0.15) is 11.5 Å². The number of nitrogens with one attached hydrogen (secondary N) is 1. The highest BCUT2D eigenvalue weighted by Gasteiger charge is 2.32. The minimum absolute atomic E-state index is 0.0499. The van der Waals surface area contributed by atoms with E-state index in [4.69, 9.17) is 0 Å². The van der Waals surface area contributed by atoms with E-state index < -0.39 is 23.6 Å². The van der Waals surface area contributed by atoms with Crippen molar-refractivity contribution in [3.63, 3.8) is 0 Å². The largest absolute Gasteiger partial charge is 0.433 e. The van der Waals surface area contributed by atoms with Gasteiger partial charge in [-0.2, -0.15) is 13.2 Å². The van der Waals surface area contributed by atoms with Crippen LogP contribution >= 0.6 is 0 Å². The predicted octanol–water partition coefficient (Wildman–Crippen LogP) is 3.80. The first-order valence-corrected chi connectivity index (χ1v) is 5.88. The number of aromatic nitrogens is 1. The quantitative estimate of drug-likeness (QED) is 0.857. The third-order valence-corrected chi connectivity index (χ3v) is 2.68. The molecule has 0 saturated carbocycles. The van der Waals surface area contributed by atoms with Gasteiger partial charge in [-0.05, 0) is 31.2 Å². The Hall–Kier alpha value is -2.44. The molecule has 0 aliphatic heterocycles. The minimum Gasteiger partial charge on any atom is -0.320 e. The van der Waals surface area contributed by atoms with Gasteiger partial charge in [0.05, 0.1) is 17.4 Å². The number of anilines is 1. The van der Waals surface area contributed by atoms with Crippen LogP contribution in [0.5, 0.6) is 0 Å². The molecule has 0 bridgehead atoms. The molecular weight excluding hydrogens is 288 g/mol. The number of carbonyl (C=O) groups excluding carboxylic acids is 1. The first-order chi connectivity index (χ1) is 9.77. The van der Waals surface area contributed by atoms with Crippen LogP contribution in [-0.4, -0.2) is 10.9 Å². The molecule has 21 heavy (non-hydrogen) atoms. The molecule has 0 spiro atoms. The molecule has 1 aromatic heterocycles. The van der Waals surface area contributed by atoms with E-state index in [1.807, 2.05) is 0 Å². The normalized spacial score (nSPS) is 11.3. The number of carbonyl (C=O) groups is 1. The van der Waals surface area contributed by atoms with Gasteiger partial charge < -0.3 is 5.32 Å². The molecule has 2 rings (SSSR count). The Morgan fingerprint density at radius 3 is 2.48 bits per heavy atom. The molecule has 0 saturated heterocycles. The summed E-state index contributed by atoms with van der Waals surface area (Å²) in [5.41, 5.74) is -0.516. The molecular formula is C14H10F4N2O. The minimum atomic E-state index is -4.55. The van der Waals surface area contributed by atoms with Crippen LogP contribution in [0.15, 0.2) is 36.5 Å². The molecule has 110 valence electrons. The smallest absolute Gasteiger partial charge is 0.320 e. The zero-order valence-electron chi connectivity index (χ0n) is 10.8. The molecule has 7 heteroatoms. The summed E-state index contributed by atoms with van der Waals surface area (Å²) in [6, 6.07) is 5.80. The van der Waals surface area contributed by atoms with Gasteiger partial charge in [0.2, 0.25) is 0 Å². The topological polar surface area (TPSA) is 42.0 Å². The SMILES string of the molecule is Cc1ccc(F)c(C(=O)Nc2ccc(C(F)(F)F)nc2)c1. The summed E-state index contributed by atoms with van der Waals surface area (Å²) in [5.74, 6) is -1.46. The Labute approximate surface area is 117 Å². The molecule has 0 aliphatic rings. The fourth-order valence-corrected chi connectivity index (χ4v) is 1.65. The van der Waals surface area contributed by atoms with Crippen molar-refractivity contribution in [2.75, 3.05) is 5.32 Å². The van der Waals surface area contributed by atoms with Crippen molar-refractivity contribution in [3.8, 4) is 0 Å². The zero-order valence-corrected chi connectivity index (χ0v) is 10.8.